The molecule has 0 radical (unpaired) electrons. The van der Waals surface area contributed by atoms with Gasteiger partial charge in [0, 0.05) is 0 Å². The molecule has 1 heteroatoms. The van der Waals surface area contributed by atoms with Crippen LogP contribution in [-0.2, 0) is 0 Å². The summed E-state index contributed by atoms with van der Waals surface area (Å²) in [5, 5.41) is 0. The molecule has 6 atom stereocenters. The highest BCUT2D eigenvalue weighted by molar-refractivity contribution is 7.17. The minimum atomic E-state index is 0.745. The molecule has 0 aromatic rings. The van der Waals surface area contributed by atoms with E-state index in [-0.39, 0.29) is 0 Å². The minimum Gasteiger partial charge on any atom is -0.134 e. The Kier molecular flexibility index (Phi) is 7.88. The first-order valence-corrected chi connectivity index (χ1v) is 7.36. The van der Waals surface area contributed by atoms with Gasteiger partial charge in [-0.25, -0.2) is 0 Å². The number of hydrogen-bond donors (Lipinski definition) is 0. The van der Waals surface area contributed by atoms with Crippen LogP contribution in [0, 0.1) is 23.7 Å². The predicted octanol–water partition coefficient (Wildman–Crippen LogP) is 4.98. The molecule has 0 aliphatic rings. The van der Waals surface area contributed by atoms with Crippen LogP contribution in [0.2, 0.25) is 0 Å². The zero-order valence-corrected chi connectivity index (χ0v) is 12.7. The maximum atomic E-state index is 2.95. The van der Waals surface area contributed by atoms with Crippen molar-refractivity contribution in [3.63, 3.8) is 0 Å². The van der Waals surface area contributed by atoms with Gasteiger partial charge >= 0.3 is 0 Å². The van der Waals surface area contributed by atoms with Crippen molar-refractivity contribution in [2.24, 2.45) is 23.7 Å². The second-order valence-corrected chi connectivity index (χ2v) is 6.54. The molecule has 15 heavy (non-hydrogen) atoms. The smallest absolute Gasteiger partial charge is 0.0264 e. The summed E-state index contributed by atoms with van der Waals surface area (Å²) in [6.07, 6.45) is 4.08. The van der Waals surface area contributed by atoms with E-state index in [0.29, 0.717) is 0 Å². The Hall–Kier alpha value is 0.430. The molecule has 0 saturated heterocycles. The molecule has 0 heterocycles. The standard InChI is InChI=1S/C14H31P/c1-7-10(3)14(8-2)9-11(4)12(5)13(6)15/h10-14H,7-9,15H2,1-6H3/t10?,11?,12-,13-,14?/m1/s1. The van der Waals surface area contributed by atoms with Crippen LogP contribution in [0.5, 0.6) is 0 Å². The lowest BCUT2D eigenvalue weighted by Gasteiger charge is -2.29. The Morgan fingerprint density at radius 1 is 0.867 bits per heavy atom. The first-order valence-electron chi connectivity index (χ1n) is 6.69. The van der Waals surface area contributed by atoms with Crippen molar-refractivity contribution in [3.05, 3.63) is 0 Å². The van der Waals surface area contributed by atoms with E-state index >= 15 is 0 Å². The van der Waals surface area contributed by atoms with Crippen molar-refractivity contribution in [1.82, 2.24) is 0 Å². The number of hydrogen-bond acceptors (Lipinski definition) is 0. The third-order valence-electron chi connectivity index (χ3n) is 4.37. The highest BCUT2D eigenvalue weighted by Gasteiger charge is 2.22. The molecule has 0 aromatic carbocycles. The summed E-state index contributed by atoms with van der Waals surface area (Å²) < 4.78 is 0. The molecule has 92 valence electrons. The van der Waals surface area contributed by atoms with Gasteiger partial charge in [-0.3, -0.25) is 0 Å². The Morgan fingerprint density at radius 2 is 1.40 bits per heavy atom. The maximum Gasteiger partial charge on any atom is -0.0264 e. The van der Waals surface area contributed by atoms with Gasteiger partial charge in [0.25, 0.3) is 0 Å². The molecule has 0 amide bonds. The van der Waals surface area contributed by atoms with Gasteiger partial charge < -0.3 is 0 Å². The lowest BCUT2D eigenvalue weighted by Crippen LogP contribution is -2.21. The molecule has 0 aromatic heterocycles. The van der Waals surface area contributed by atoms with Gasteiger partial charge in [-0.1, -0.05) is 54.4 Å². The average molecular weight is 230 g/mol. The van der Waals surface area contributed by atoms with Crippen LogP contribution in [0.25, 0.3) is 0 Å². The highest BCUT2D eigenvalue weighted by atomic mass is 31.0. The summed E-state index contributed by atoms with van der Waals surface area (Å²) in [5.41, 5.74) is 0.745. The van der Waals surface area contributed by atoms with Crippen molar-refractivity contribution in [2.45, 2.75) is 66.5 Å². The second kappa shape index (κ2) is 7.66. The summed E-state index contributed by atoms with van der Waals surface area (Å²) in [5.74, 6) is 3.50. The molecule has 0 N–H and O–H groups in total. The summed E-state index contributed by atoms with van der Waals surface area (Å²) in [6, 6.07) is 0. The van der Waals surface area contributed by atoms with E-state index in [4.69, 9.17) is 0 Å². The van der Waals surface area contributed by atoms with Crippen LogP contribution in [-0.4, -0.2) is 5.66 Å². The van der Waals surface area contributed by atoms with E-state index < -0.39 is 0 Å². The topological polar surface area (TPSA) is 0 Å². The zero-order chi connectivity index (χ0) is 12.0. The van der Waals surface area contributed by atoms with Crippen LogP contribution < -0.4 is 0 Å². The molecule has 0 bridgehead atoms. The fourth-order valence-electron chi connectivity index (χ4n) is 2.35. The van der Waals surface area contributed by atoms with Gasteiger partial charge in [-0.05, 0) is 35.8 Å². The Bertz CT molecular complexity index is 153. The van der Waals surface area contributed by atoms with Crippen molar-refractivity contribution in [1.29, 1.82) is 0 Å². The van der Waals surface area contributed by atoms with Crippen molar-refractivity contribution in [3.8, 4) is 0 Å². The maximum absolute atomic E-state index is 2.95. The first kappa shape index (κ1) is 15.4. The summed E-state index contributed by atoms with van der Waals surface area (Å²) in [6.45, 7) is 14.2. The van der Waals surface area contributed by atoms with Gasteiger partial charge in [-0.15, -0.1) is 9.24 Å². The first-order chi connectivity index (χ1) is 6.93. The predicted molar refractivity (Wildman–Crippen MR) is 75.4 cm³/mol. The van der Waals surface area contributed by atoms with E-state index in [9.17, 15) is 0 Å². The number of rotatable bonds is 7. The van der Waals surface area contributed by atoms with Gasteiger partial charge in [0.2, 0.25) is 0 Å². The molecule has 0 fully saturated rings. The summed E-state index contributed by atoms with van der Waals surface area (Å²) in [4.78, 5) is 0. The van der Waals surface area contributed by atoms with Crippen LogP contribution >= 0.6 is 9.24 Å². The summed E-state index contributed by atoms with van der Waals surface area (Å²) >= 11 is 0. The molecular weight excluding hydrogens is 199 g/mol. The van der Waals surface area contributed by atoms with E-state index in [1.165, 1.54) is 19.3 Å². The van der Waals surface area contributed by atoms with Crippen molar-refractivity contribution >= 4 is 9.24 Å². The average Bonchev–Trinajstić information content (AvgIpc) is 2.22. The molecule has 4 unspecified atom stereocenters. The van der Waals surface area contributed by atoms with E-state index in [1.807, 2.05) is 0 Å². The third-order valence-corrected chi connectivity index (χ3v) is 4.98. The Morgan fingerprint density at radius 3 is 1.73 bits per heavy atom. The quantitative estimate of drug-likeness (QED) is 0.541. The molecule has 0 spiro atoms. The van der Waals surface area contributed by atoms with Gasteiger partial charge in [-0.2, -0.15) is 0 Å². The lowest BCUT2D eigenvalue weighted by atomic mass is 9.78. The van der Waals surface area contributed by atoms with E-state index in [2.05, 4.69) is 50.8 Å². The van der Waals surface area contributed by atoms with Gasteiger partial charge in [0.1, 0.15) is 0 Å². The summed E-state index contributed by atoms with van der Waals surface area (Å²) in [7, 11) is 2.95. The third kappa shape index (κ3) is 5.34. The van der Waals surface area contributed by atoms with Crippen molar-refractivity contribution < 1.29 is 0 Å². The van der Waals surface area contributed by atoms with Crippen LogP contribution in [0.1, 0.15) is 60.8 Å². The van der Waals surface area contributed by atoms with Crippen LogP contribution in [0.3, 0.4) is 0 Å². The second-order valence-electron chi connectivity index (χ2n) is 5.49. The molecule has 0 saturated carbocycles. The van der Waals surface area contributed by atoms with E-state index in [1.54, 1.807) is 0 Å². The SMILES string of the molecule is CCC(C)C(CC)CC(C)[C@@H](C)[C@@H](C)P. The molecule has 0 aliphatic carbocycles. The largest absolute Gasteiger partial charge is 0.134 e. The molecular formula is C14H31P. The minimum absolute atomic E-state index is 0.745. The van der Waals surface area contributed by atoms with E-state index in [0.717, 1.165) is 29.3 Å². The fraction of sp³-hybridized carbons (Fsp3) is 1.00. The lowest BCUT2D eigenvalue weighted by molar-refractivity contribution is 0.236. The van der Waals surface area contributed by atoms with Crippen LogP contribution in [0.15, 0.2) is 0 Å². The van der Waals surface area contributed by atoms with Crippen molar-refractivity contribution in [2.75, 3.05) is 0 Å². The normalized spacial score (nSPS) is 21.8. The molecule has 0 rings (SSSR count). The zero-order valence-electron chi connectivity index (χ0n) is 11.6. The van der Waals surface area contributed by atoms with Gasteiger partial charge in [0.15, 0.2) is 0 Å². The highest BCUT2D eigenvalue weighted by Crippen LogP contribution is 2.31. The monoisotopic (exact) mass is 230 g/mol. The van der Waals surface area contributed by atoms with Gasteiger partial charge in [0.05, 0.1) is 0 Å². The fourth-order valence-corrected chi connectivity index (χ4v) is 2.72. The van der Waals surface area contributed by atoms with Crippen LogP contribution in [0.4, 0.5) is 0 Å². The molecule has 0 nitrogen and oxygen atoms in total. The molecule has 0 aliphatic heterocycles. The Balaban J connectivity index is 4.17. The Labute approximate surface area is 99.8 Å².